The highest BCUT2D eigenvalue weighted by molar-refractivity contribution is 6.36. The number of rotatable bonds is 4. The van der Waals surface area contributed by atoms with Crippen LogP contribution in [0.4, 0.5) is 0 Å². The Bertz CT molecular complexity index is 1090. The number of hydrogen-bond donors (Lipinski definition) is 1. The van der Waals surface area contributed by atoms with Gasteiger partial charge in [-0.1, -0.05) is 35.9 Å². The lowest BCUT2D eigenvalue weighted by molar-refractivity contribution is 0.0952. The predicted molar refractivity (Wildman–Crippen MR) is 107 cm³/mol. The maximum atomic E-state index is 12.7. The Kier molecular flexibility index (Phi) is 4.42. The highest BCUT2D eigenvalue weighted by Gasteiger charge is 2.30. The molecular formula is C21H18ClN3O2. The van der Waals surface area contributed by atoms with Crippen molar-refractivity contribution >= 4 is 34.2 Å². The van der Waals surface area contributed by atoms with Gasteiger partial charge in [0.05, 0.1) is 21.8 Å². The van der Waals surface area contributed by atoms with E-state index in [4.69, 9.17) is 16.6 Å². The number of pyridine rings is 1. The molecule has 0 saturated carbocycles. The summed E-state index contributed by atoms with van der Waals surface area (Å²) in [5.41, 5.74) is 3.32. The zero-order valence-corrected chi connectivity index (χ0v) is 15.8. The topological polar surface area (TPSA) is 62.3 Å². The summed E-state index contributed by atoms with van der Waals surface area (Å²) in [6.45, 7) is 1.29. The molecule has 5 nitrogen and oxygen atoms in total. The summed E-state index contributed by atoms with van der Waals surface area (Å²) in [6.07, 6.45) is 0. The van der Waals surface area contributed by atoms with Crippen LogP contribution < -0.4 is 5.32 Å². The molecule has 1 aliphatic carbocycles. The van der Waals surface area contributed by atoms with Crippen molar-refractivity contribution in [2.24, 2.45) is 0 Å². The van der Waals surface area contributed by atoms with Crippen LogP contribution in [-0.4, -0.2) is 48.8 Å². The lowest BCUT2D eigenvalue weighted by Gasteiger charge is -2.12. The van der Waals surface area contributed by atoms with Gasteiger partial charge >= 0.3 is 0 Å². The van der Waals surface area contributed by atoms with Gasteiger partial charge in [0, 0.05) is 35.2 Å². The number of carbonyl (C=O) groups is 2. The number of nitrogens with zero attached hydrogens (tertiary/aromatic N) is 2. The van der Waals surface area contributed by atoms with Gasteiger partial charge in [-0.05, 0) is 32.3 Å². The summed E-state index contributed by atoms with van der Waals surface area (Å²) < 4.78 is 0. The maximum absolute atomic E-state index is 12.7. The van der Waals surface area contributed by atoms with Gasteiger partial charge in [-0.25, -0.2) is 4.98 Å². The highest BCUT2D eigenvalue weighted by Crippen LogP contribution is 2.41. The Balaban J connectivity index is 1.82. The first kappa shape index (κ1) is 17.6. The summed E-state index contributed by atoms with van der Waals surface area (Å²) in [5.74, 6) is -0.267. The molecule has 3 aromatic rings. The minimum absolute atomic E-state index is 0.0854. The smallest absolute Gasteiger partial charge is 0.253 e. The van der Waals surface area contributed by atoms with Crippen LogP contribution in [0.5, 0.6) is 0 Å². The normalized spacial score (nSPS) is 12.4. The minimum atomic E-state index is -0.182. The van der Waals surface area contributed by atoms with E-state index in [1.807, 2.05) is 25.1 Å². The number of ketones is 1. The zero-order chi connectivity index (χ0) is 19.1. The first-order valence-electron chi connectivity index (χ1n) is 8.67. The van der Waals surface area contributed by atoms with Crippen molar-refractivity contribution < 1.29 is 9.59 Å². The van der Waals surface area contributed by atoms with E-state index in [9.17, 15) is 9.59 Å². The van der Waals surface area contributed by atoms with Crippen molar-refractivity contribution in [3.05, 3.63) is 64.2 Å². The van der Waals surface area contributed by atoms with Crippen molar-refractivity contribution in [3.8, 4) is 11.3 Å². The molecule has 1 aliphatic rings. The van der Waals surface area contributed by atoms with Gasteiger partial charge in [-0.2, -0.15) is 0 Å². The zero-order valence-electron chi connectivity index (χ0n) is 15.0. The Morgan fingerprint density at radius 3 is 2.70 bits per heavy atom. The molecule has 0 bridgehead atoms. The molecule has 1 amide bonds. The van der Waals surface area contributed by atoms with Crippen LogP contribution in [0, 0.1) is 0 Å². The number of halogens is 1. The molecule has 0 fully saturated rings. The second kappa shape index (κ2) is 6.76. The fraction of sp³-hybridized carbons (Fsp3) is 0.190. The third kappa shape index (κ3) is 2.99. The lowest BCUT2D eigenvalue weighted by Crippen LogP contribution is -2.31. The number of carbonyl (C=O) groups excluding carboxylic acids is 2. The third-order valence-electron chi connectivity index (χ3n) is 4.67. The Hall–Kier alpha value is -2.76. The van der Waals surface area contributed by atoms with E-state index >= 15 is 0 Å². The molecule has 0 aliphatic heterocycles. The number of aromatic nitrogens is 1. The summed E-state index contributed by atoms with van der Waals surface area (Å²) in [6, 6.07) is 12.5. The van der Waals surface area contributed by atoms with Gasteiger partial charge in [0.2, 0.25) is 0 Å². The van der Waals surface area contributed by atoms with Crippen LogP contribution in [0.2, 0.25) is 5.02 Å². The average molecular weight is 380 g/mol. The predicted octanol–water partition coefficient (Wildman–Crippen LogP) is 3.39. The lowest BCUT2D eigenvalue weighted by atomic mass is 10.0. The largest absolute Gasteiger partial charge is 0.351 e. The number of benzene rings is 2. The fourth-order valence-electron chi connectivity index (χ4n) is 3.33. The van der Waals surface area contributed by atoms with E-state index in [0.29, 0.717) is 45.0 Å². The van der Waals surface area contributed by atoms with Gasteiger partial charge in [0.25, 0.3) is 5.91 Å². The van der Waals surface area contributed by atoms with E-state index < -0.39 is 0 Å². The Morgan fingerprint density at radius 1 is 1.15 bits per heavy atom. The number of fused-ring (bicyclic) bond motifs is 4. The van der Waals surface area contributed by atoms with Crippen molar-refractivity contribution in [2.45, 2.75) is 0 Å². The van der Waals surface area contributed by atoms with Crippen LogP contribution in [-0.2, 0) is 0 Å². The Morgan fingerprint density at radius 2 is 1.93 bits per heavy atom. The SMILES string of the molecule is CN(C)CCNC(=O)c1cccc2cc3c(nc12)-c1c(Cl)cccc1C3=O. The van der Waals surface area contributed by atoms with Gasteiger partial charge in [-0.15, -0.1) is 0 Å². The van der Waals surface area contributed by atoms with Gasteiger partial charge < -0.3 is 10.2 Å². The Labute approximate surface area is 162 Å². The molecule has 0 spiro atoms. The number of likely N-dealkylation sites (N-methyl/N-ethyl adjacent to an activating group) is 1. The molecule has 4 rings (SSSR count). The molecule has 1 heterocycles. The fourth-order valence-corrected chi connectivity index (χ4v) is 3.60. The standard InChI is InChI=1S/C21H18ClN3O2/c1-25(2)10-9-23-21(27)14-7-3-5-12-11-15-19(24-18(12)14)17-13(20(15)26)6-4-8-16(17)22/h3-8,11H,9-10H2,1-2H3,(H,23,27). The molecule has 0 radical (unpaired) electrons. The summed E-state index contributed by atoms with van der Waals surface area (Å²) in [4.78, 5) is 32.1. The van der Waals surface area contributed by atoms with E-state index in [-0.39, 0.29) is 11.7 Å². The van der Waals surface area contributed by atoms with Gasteiger partial charge in [0.15, 0.2) is 5.78 Å². The van der Waals surface area contributed by atoms with E-state index in [2.05, 4.69) is 5.32 Å². The number of hydrogen-bond acceptors (Lipinski definition) is 4. The molecule has 0 saturated heterocycles. The molecule has 2 aromatic carbocycles. The molecule has 1 N–H and O–H groups in total. The first-order chi connectivity index (χ1) is 13.0. The molecule has 136 valence electrons. The first-order valence-corrected chi connectivity index (χ1v) is 9.05. The summed E-state index contributed by atoms with van der Waals surface area (Å²) in [5, 5.41) is 4.16. The van der Waals surface area contributed by atoms with Gasteiger partial charge in [-0.3, -0.25) is 9.59 Å². The van der Waals surface area contributed by atoms with Crippen molar-refractivity contribution in [1.29, 1.82) is 0 Å². The van der Waals surface area contributed by atoms with Crippen LogP contribution in [0.25, 0.3) is 22.2 Å². The summed E-state index contributed by atoms with van der Waals surface area (Å²) >= 11 is 6.34. The second-order valence-corrected chi connectivity index (χ2v) is 7.22. The van der Waals surface area contributed by atoms with Gasteiger partial charge in [0.1, 0.15) is 0 Å². The quantitative estimate of drug-likeness (QED) is 0.590. The maximum Gasteiger partial charge on any atom is 0.253 e. The minimum Gasteiger partial charge on any atom is -0.351 e. The number of amides is 1. The molecule has 0 unspecified atom stereocenters. The molecule has 0 atom stereocenters. The summed E-state index contributed by atoms with van der Waals surface area (Å²) in [7, 11) is 3.90. The van der Waals surface area contributed by atoms with Crippen LogP contribution in [0.1, 0.15) is 26.3 Å². The molecule has 1 aromatic heterocycles. The van der Waals surface area contributed by atoms with Crippen molar-refractivity contribution in [2.75, 3.05) is 27.2 Å². The molecule has 6 heteroatoms. The van der Waals surface area contributed by atoms with Crippen molar-refractivity contribution in [1.82, 2.24) is 15.2 Å². The monoisotopic (exact) mass is 379 g/mol. The van der Waals surface area contributed by atoms with E-state index in [0.717, 1.165) is 11.9 Å². The van der Waals surface area contributed by atoms with Crippen LogP contribution in [0.15, 0.2) is 42.5 Å². The second-order valence-electron chi connectivity index (χ2n) is 6.81. The average Bonchev–Trinajstić information content (AvgIpc) is 2.92. The van der Waals surface area contributed by atoms with Crippen molar-refractivity contribution in [3.63, 3.8) is 0 Å². The van der Waals surface area contributed by atoms with Crippen LogP contribution >= 0.6 is 11.6 Å². The highest BCUT2D eigenvalue weighted by atomic mass is 35.5. The molecular weight excluding hydrogens is 362 g/mol. The van der Waals surface area contributed by atoms with E-state index in [1.165, 1.54) is 0 Å². The number of para-hydroxylation sites is 1. The number of nitrogens with one attached hydrogen (secondary N) is 1. The van der Waals surface area contributed by atoms with Crippen LogP contribution in [0.3, 0.4) is 0 Å². The third-order valence-corrected chi connectivity index (χ3v) is 4.99. The molecule has 27 heavy (non-hydrogen) atoms. The van der Waals surface area contributed by atoms with E-state index in [1.54, 1.807) is 36.4 Å².